The van der Waals surface area contributed by atoms with Gasteiger partial charge in [0.2, 0.25) is 6.08 Å². The van der Waals surface area contributed by atoms with Gasteiger partial charge in [0.25, 0.3) is 0 Å². The number of rotatable bonds is 4. The van der Waals surface area contributed by atoms with Crippen LogP contribution in [0.1, 0.15) is 12.5 Å². The molecule has 0 amide bonds. The third-order valence-corrected chi connectivity index (χ3v) is 3.70. The minimum Gasteiger partial charge on any atom is -0.224 e. The van der Waals surface area contributed by atoms with Crippen molar-refractivity contribution in [3.05, 3.63) is 29.8 Å². The third kappa shape index (κ3) is 3.01. The molecule has 0 bridgehead atoms. The summed E-state index contributed by atoms with van der Waals surface area (Å²) < 4.78 is 23.0. The summed E-state index contributed by atoms with van der Waals surface area (Å²) >= 11 is 0. The van der Waals surface area contributed by atoms with E-state index in [2.05, 4.69) is 4.99 Å². The normalized spacial score (nSPS) is 10.7. The Hall–Kier alpha value is -1.45. The van der Waals surface area contributed by atoms with Gasteiger partial charge in [-0.1, -0.05) is 19.1 Å². The van der Waals surface area contributed by atoms with E-state index in [1.54, 1.807) is 19.1 Å². The van der Waals surface area contributed by atoms with Gasteiger partial charge in [-0.25, -0.2) is 18.2 Å². The molecule has 4 nitrogen and oxygen atoms in total. The second-order valence-electron chi connectivity index (χ2n) is 2.96. The maximum Gasteiger partial charge on any atom is 0.235 e. The third-order valence-electron chi connectivity index (χ3n) is 1.96. The number of sulfone groups is 1. The van der Waals surface area contributed by atoms with E-state index in [0.717, 1.165) is 0 Å². The van der Waals surface area contributed by atoms with Gasteiger partial charge in [0.1, 0.15) is 0 Å². The lowest BCUT2D eigenvalue weighted by atomic mass is 10.2. The van der Waals surface area contributed by atoms with Gasteiger partial charge >= 0.3 is 0 Å². The first-order chi connectivity index (χ1) is 7.10. The fourth-order valence-corrected chi connectivity index (χ4v) is 2.08. The molecule has 1 aromatic carbocycles. The van der Waals surface area contributed by atoms with E-state index in [4.69, 9.17) is 0 Å². The highest BCUT2D eigenvalue weighted by atomic mass is 32.2. The lowest BCUT2D eigenvalue weighted by Crippen LogP contribution is -2.03. The predicted octanol–water partition coefficient (Wildman–Crippen LogP) is 1.32. The Balaban J connectivity index is 3.08. The van der Waals surface area contributed by atoms with Gasteiger partial charge < -0.3 is 0 Å². The maximum atomic E-state index is 11.5. The molecule has 0 aromatic heterocycles. The molecule has 1 aromatic rings. The summed E-state index contributed by atoms with van der Waals surface area (Å²) in [6.45, 7) is 1.75. The second-order valence-corrected chi connectivity index (χ2v) is 5.24. The van der Waals surface area contributed by atoms with Crippen LogP contribution in [0, 0.1) is 0 Å². The number of hydrogen-bond acceptors (Lipinski definition) is 4. The quantitative estimate of drug-likeness (QED) is 0.573. The SMILES string of the molecule is CCS(=O)(=O)c1cccc(CN=C=O)c1. The molecular formula is C10H11NO3S. The smallest absolute Gasteiger partial charge is 0.224 e. The Morgan fingerprint density at radius 2 is 2.13 bits per heavy atom. The fraction of sp³-hybridized carbons (Fsp3) is 0.300. The minimum atomic E-state index is -3.19. The van der Waals surface area contributed by atoms with Gasteiger partial charge in [-0.2, -0.15) is 0 Å². The van der Waals surface area contributed by atoms with E-state index in [-0.39, 0.29) is 17.2 Å². The molecule has 80 valence electrons. The first kappa shape index (κ1) is 11.6. The molecular weight excluding hydrogens is 214 g/mol. The molecule has 0 aliphatic rings. The van der Waals surface area contributed by atoms with Crippen LogP contribution in [-0.4, -0.2) is 20.3 Å². The molecule has 0 saturated carbocycles. The van der Waals surface area contributed by atoms with Gasteiger partial charge in [-0.05, 0) is 17.7 Å². The van der Waals surface area contributed by atoms with Crippen LogP contribution in [0.3, 0.4) is 0 Å². The van der Waals surface area contributed by atoms with Crippen LogP contribution in [-0.2, 0) is 21.2 Å². The van der Waals surface area contributed by atoms with Crippen LogP contribution in [0.4, 0.5) is 0 Å². The van der Waals surface area contributed by atoms with Crippen molar-refractivity contribution >= 4 is 15.9 Å². The van der Waals surface area contributed by atoms with Crippen LogP contribution in [0.15, 0.2) is 34.2 Å². The number of aliphatic imine (C=N–C) groups is 1. The average Bonchev–Trinajstić information content (AvgIpc) is 2.27. The highest BCUT2D eigenvalue weighted by Crippen LogP contribution is 2.13. The zero-order valence-electron chi connectivity index (χ0n) is 8.30. The van der Waals surface area contributed by atoms with E-state index in [1.807, 2.05) is 0 Å². The zero-order chi connectivity index (χ0) is 11.3. The number of benzene rings is 1. The topological polar surface area (TPSA) is 63.6 Å². The number of carbonyl (C=O) groups excluding carboxylic acids is 1. The fourth-order valence-electron chi connectivity index (χ4n) is 1.13. The van der Waals surface area contributed by atoms with Gasteiger partial charge in [-0.3, -0.25) is 0 Å². The maximum absolute atomic E-state index is 11.5. The van der Waals surface area contributed by atoms with Crippen molar-refractivity contribution in [3.8, 4) is 0 Å². The van der Waals surface area contributed by atoms with Crippen molar-refractivity contribution in [2.75, 3.05) is 5.75 Å². The van der Waals surface area contributed by atoms with Crippen LogP contribution in [0.5, 0.6) is 0 Å². The van der Waals surface area contributed by atoms with Crippen molar-refractivity contribution in [1.29, 1.82) is 0 Å². The molecule has 0 aliphatic carbocycles. The second kappa shape index (κ2) is 4.87. The Morgan fingerprint density at radius 1 is 1.40 bits per heavy atom. The summed E-state index contributed by atoms with van der Waals surface area (Å²) in [5.74, 6) is 0.0629. The van der Waals surface area contributed by atoms with Gasteiger partial charge in [-0.15, -0.1) is 0 Å². The minimum absolute atomic E-state index is 0.0629. The van der Waals surface area contributed by atoms with Gasteiger partial charge in [0.05, 0.1) is 17.2 Å². The predicted molar refractivity (Wildman–Crippen MR) is 56.0 cm³/mol. The average molecular weight is 225 g/mol. The summed E-state index contributed by atoms with van der Waals surface area (Å²) in [5.41, 5.74) is 0.688. The summed E-state index contributed by atoms with van der Waals surface area (Å²) in [6.07, 6.45) is 1.41. The number of nitrogens with zero attached hydrogens (tertiary/aromatic N) is 1. The summed E-state index contributed by atoms with van der Waals surface area (Å²) in [7, 11) is -3.19. The monoisotopic (exact) mass is 225 g/mol. The highest BCUT2D eigenvalue weighted by Gasteiger charge is 2.11. The molecule has 5 heteroatoms. The Labute approximate surface area is 88.6 Å². The van der Waals surface area contributed by atoms with Crippen LogP contribution in [0.25, 0.3) is 0 Å². The zero-order valence-corrected chi connectivity index (χ0v) is 9.12. The Morgan fingerprint density at radius 3 is 2.73 bits per heavy atom. The van der Waals surface area contributed by atoms with E-state index < -0.39 is 9.84 Å². The number of hydrogen-bond donors (Lipinski definition) is 0. The highest BCUT2D eigenvalue weighted by molar-refractivity contribution is 7.91. The van der Waals surface area contributed by atoms with Crippen molar-refractivity contribution in [1.82, 2.24) is 0 Å². The lowest BCUT2D eigenvalue weighted by molar-refractivity contribution is 0.563. The van der Waals surface area contributed by atoms with Crippen molar-refractivity contribution in [2.24, 2.45) is 4.99 Å². The summed E-state index contributed by atoms with van der Waals surface area (Å²) in [6, 6.07) is 6.42. The van der Waals surface area contributed by atoms with Crippen LogP contribution >= 0.6 is 0 Å². The van der Waals surface area contributed by atoms with E-state index in [0.29, 0.717) is 5.56 Å². The summed E-state index contributed by atoms with van der Waals surface area (Å²) in [5, 5.41) is 0. The first-order valence-electron chi connectivity index (χ1n) is 4.45. The molecule has 0 heterocycles. The molecule has 0 aliphatic heterocycles. The molecule has 15 heavy (non-hydrogen) atoms. The molecule has 0 fully saturated rings. The van der Waals surface area contributed by atoms with E-state index in [1.165, 1.54) is 18.2 Å². The Kier molecular flexibility index (Phi) is 3.77. The van der Waals surface area contributed by atoms with Crippen molar-refractivity contribution in [2.45, 2.75) is 18.4 Å². The van der Waals surface area contributed by atoms with Gasteiger partial charge in [0, 0.05) is 0 Å². The molecule has 0 atom stereocenters. The Bertz CT molecular complexity index is 487. The number of isocyanates is 1. The molecule has 0 saturated heterocycles. The molecule has 0 N–H and O–H groups in total. The van der Waals surface area contributed by atoms with E-state index >= 15 is 0 Å². The van der Waals surface area contributed by atoms with Gasteiger partial charge in [0.15, 0.2) is 9.84 Å². The lowest BCUT2D eigenvalue weighted by Gasteiger charge is -2.02. The van der Waals surface area contributed by atoms with Crippen molar-refractivity contribution < 1.29 is 13.2 Å². The molecule has 0 radical (unpaired) electrons. The standard InChI is InChI=1S/C10H11NO3S/c1-2-15(13,14)10-5-3-4-9(6-10)7-11-8-12/h3-6H,2,7H2,1H3. The molecule has 0 unspecified atom stereocenters. The van der Waals surface area contributed by atoms with Crippen molar-refractivity contribution in [3.63, 3.8) is 0 Å². The summed E-state index contributed by atoms with van der Waals surface area (Å²) in [4.78, 5) is 13.6. The molecule has 0 spiro atoms. The first-order valence-corrected chi connectivity index (χ1v) is 6.10. The molecule has 1 rings (SSSR count). The van der Waals surface area contributed by atoms with E-state index in [9.17, 15) is 13.2 Å². The van der Waals surface area contributed by atoms with Crippen LogP contribution in [0.2, 0.25) is 0 Å². The van der Waals surface area contributed by atoms with Crippen LogP contribution < -0.4 is 0 Å². The largest absolute Gasteiger partial charge is 0.235 e.